The normalized spacial score (nSPS) is 9.83. The number of rotatable bonds is 2. The molecule has 6 heteroatoms. The Labute approximate surface area is 117 Å². The third kappa shape index (κ3) is 3.10. The summed E-state index contributed by atoms with van der Waals surface area (Å²) in [5.74, 6) is -0.747. The summed E-state index contributed by atoms with van der Waals surface area (Å²) < 4.78 is 5.92. The van der Waals surface area contributed by atoms with E-state index in [0.717, 1.165) is 3.57 Å². The maximum atomic E-state index is 11.7. The van der Waals surface area contributed by atoms with Gasteiger partial charge < -0.3 is 4.42 Å². The quantitative estimate of drug-likeness (QED) is 0.638. The van der Waals surface area contributed by atoms with Crippen molar-refractivity contribution >= 4 is 34.4 Å². The van der Waals surface area contributed by atoms with Crippen molar-refractivity contribution in [3.63, 3.8) is 0 Å². The summed E-state index contributed by atoms with van der Waals surface area (Å²) in [6.45, 7) is 0. The van der Waals surface area contributed by atoms with Crippen LogP contribution in [0.2, 0.25) is 0 Å². The lowest BCUT2D eigenvalue weighted by Gasteiger charge is -2.05. The molecular weight excluding hydrogens is 347 g/mol. The number of amides is 2. The molecule has 1 aromatic heterocycles. The predicted molar refractivity (Wildman–Crippen MR) is 72.8 cm³/mol. The van der Waals surface area contributed by atoms with E-state index in [2.05, 4.69) is 33.4 Å². The molecule has 2 rings (SSSR count). The fourth-order valence-corrected chi connectivity index (χ4v) is 1.62. The summed E-state index contributed by atoms with van der Waals surface area (Å²) in [4.78, 5) is 23.1. The van der Waals surface area contributed by atoms with Gasteiger partial charge in [-0.2, -0.15) is 0 Å². The van der Waals surface area contributed by atoms with Gasteiger partial charge in [-0.25, -0.2) is 0 Å². The fourth-order valence-electron chi connectivity index (χ4n) is 1.26. The summed E-state index contributed by atoms with van der Waals surface area (Å²) in [5.41, 5.74) is 5.04. The zero-order chi connectivity index (χ0) is 13.0. The number of hydrazine groups is 1. The molecule has 2 aromatic rings. The third-order valence-corrected chi connectivity index (χ3v) is 2.86. The van der Waals surface area contributed by atoms with E-state index >= 15 is 0 Å². The maximum absolute atomic E-state index is 11.7. The van der Waals surface area contributed by atoms with Crippen molar-refractivity contribution in [1.82, 2.24) is 10.9 Å². The van der Waals surface area contributed by atoms with Crippen LogP contribution in [0.4, 0.5) is 0 Å². The van der Waals surface area contributed by atoms with E-state index in [4.69, 9.17) is 4.42 Å². The summed E-state index contributed by atoms with van der Waals surface area (Å²) in [5, 5.41) is 0. The highest BCUT2D eigenvalue weighted by atomic mass is 127. The monoisotopic (exact) mass is 356 g/mol. The van der Waals surface area contributed by atoms with Gasteiger partial charge in [-0.15, -0.1) is 0 Å². The molecule has 2 N–H and O–H groups in total. The number of carbonyl (C=O) groups is 2. The van der Waals surface area contributed by atoms with Crippen LogP contribution in [-0.2, 0) is 0 Å². The first-order valence-electron chi connectivity index (χ1n) is 5.06. The highest BCUT2D eigenvalue weighted by Gasteiger charge is 2.10. The van der Waals surface area contributed by atoms with Gasteiger partial charge in [-0.05, 0) is 59.0 Å². The minimum atomic E-state index is -0.501. The highest BCUT2D eigenvalue weighted by molar-refractivity contribution is 14.1. The van der Waals surface area contributed by atoms with Gasteiger partial charge in [0.2, 0.25) is 0 Å². The predicted octanol–water partition coefficient (Wildman–Crippen LogP) is 1.96. The van der Waals surface area contributed by atoms with Gasteiger partial charge in [0.05, 0.1) is 6.26 Å². The number of benzene rings is 1. The van der Waals surface area contributed by atoms with E-state index in [9.17, 15) is 9.59 Å². The van der Waals surface area contributed by atoms with Gasteiger partial charge in [-0.3, -0.25) is 20.4 Å². The smallest absolute Gasteiger partial charge is 0.305 e. The molecule has 0 aliphatic carbocycles. The van der Waals surface area contributed by atoms with Crippen molar-refractivity contribution in [3.05, 3.63) is 57.6 Å². The van der Waals surface area contributed by atoms with Crippen molar-refractivity contribution < 1.29 is 14.0 Å². The van der Waals surface area contributed by atoms with Crippen LogP contribution in [0, 0.1) is 3.57 Å². The minimum absolute atomic E-state index is 0.137. The van der Waals surface area contributed by atoms with Crippen LogP contribution in [0.5, 0.6) is 0 Å². The minimum Gasteiger partial charge on any atom is -0.459 e. The molecule has 0 saturated heterocycles. The Balaban J connectivity index is 1.92. The summed E-state index contributed by atoms with van der Waals surface area (Å²) in [6.07, 6.45) is 1.38. The molecule has 18 heavy (non-hydrogen) atoms. The van der Waals surface area contributed by atoms with Crippen LogP contribution in [-0.4, -0.2) is 11.8 Å². The second-order valence-electron chi connectivity index (χ2n) is 3.39. The molecule has 2 amide bonds. The van der Waals surface area contributed by atoms with E-state index < -0.39 is 5.91 Å². The first kappa shape index (κ1) is 12.6. The van der Waals surface area contributed by atoms with Gasteiger partial charge in [0, 0.05) is 9.13 Å². The molecule has 0 radical (unpaired) electrons. The Kier molecular flexibility index (Phi) is 3.98. The molecule has 0 unspecified atom stereocenters. The van der Waals surface area contributed by atoms with E-state index in [1.807, 2.05) is 12.1 Å². The number of nitrogens with one attached hydrogen (secondary N) is 2. The van der Waals surface area contributed by atoms with Gasteiger partial charge in [0.1, 0.15) is 0 Å². The van der Waals surface area contributed by atoms with E-state index in [1.165, 1.54) is 12.3 Å². The van der Waals surface area contributed by atoms with Crippen molar-refractivity contribution in [2.45, 2.75) is 0 Å². The first-order valence-corrected chi connectivity index (χ1v) is 6.14. The van der Waals surface area contributed by atoms with Crippen LogP contribution in [0.3, 0.4) is 0 Å². The molecule has 0 saturated carbocycles. The molecule has 0 fully saturated rings. The van der Waals surface area contributed by atoms with Gasteiger partial charge in [0.25, 0.3) is 5.91 Å². The van der Waals surface area contributed by atoms with Gasteiger partial charge in [0.15, 0.2) is 5.76 Å². The zero-order valence-corrected chi connectivity index (χ0v) is 11.3. The molecule has 1 aromatic carbocycles. The van der Waals surface area contributed by atoms with Crippen LogP contribution >= 0.6 is 22.6 Å². The largest absolute Gasteiger partial charge is 0.459 e. The third-order valence-electron chi connectivity index (χ3n) is 2.14. The molecule has 1 heterocycles. The number of hydrogen-bond donors (Lipinski definition) is 2. The molecule has 92 valence electrons. The van der Waals surface area contributed by atoms with Crippen LogP contribution in [0.15, 0.2) is 47.1 Å². The summed E-state index contributed by atoms with van der Waals surface area (Å²) in [7, 11) is 0. The maximum Gasteiger partial charge on any atom is 0.305 e. The Bertz CT molecular complexity index is 549. The number of hydrogen-bond acceptors (Lipinski definition) is 3. The molecule has 5 nitrogen and oxygen atoms in total. The lowest BCUT2D eigenvalue weighted by molar-refractivity contribution is 0.0831. The second-order valence-corrected chi connectivity index (χ2v) is 4.64. The summed E-state index contributed by atoms with van der Waals surface area (Å²) in [6, 6.07) is 10.1. The fraction of sp³-hybridized carbons (Fsp3) is 0. The van der Waals surface area contributed by atoms with Crippen molar-refractivity contribution in [2.75, 3.05) is 0 Å². The average Bonchev–Trinajstić information content (AvgIpc) is 2.90. The second kappa shape index (κ2) is 5.67. The number of halogens is 1. The molecule has 0 aliphatic heterocycles. The van der Waals surface area contributed by atoms with E-state index in [1.54, 1.807) is 18.2 Å². The zero-order valence-electron chi connectivity index (χ0n) is 9.14. The van der Waals surface area contributed by atoms with Crippen LogP contribution < -0.4 is 10.9 Å². The molecule has 0 spiro atoms. The van der Waals surface area contributed by atoms with Crippen LogP contribution in [0.25, 0.3) is 0 Å². The van der Waals surface area contributed by atoms with E-state index in [-0.39, 0.29) is 11.7 Å². The molecule has 0 bridgehead atoms. The van der Waals surface area contributed by atoms with Crippen molar-refractivity contribution in [2.24, 2.45) is 0 Å². The first-order chi connectivity index (χ1) is 8.66. The Morgan fingerprint density at radius 3 is 2.28 bits per heavy atom. The molecule has 0 aliphatic rings. The number of furan rings is 1. The Hall–Kier alpha value is -1.83. The van der Waals surface area contributed by atoms with Gasteiger partial charge in [-0.1, -0.05) is 0 Å². The van der Waals surface area contributed by atoms with Crippen LogP contribution in [0.1, 0.15) is 20.9 Å². The highest BCUT2D eigenvalue weighted by Crippen LogP contribution is 2.06. The lowest BCUT2D eigenvalue weighted by atomic mass is 10.2. The SMILES string of the molecule is O=C(NNC(=O)c1ccco1)c1ccc(I)cc1. The van der Waals surface area contributed by atoms with Gasteiger partial charge >= 0.3 is 5.91 Å². The van der Waals surface area contributed by atoms with Crippen molar-refractivity contribution in [3.8, 4) is 0 Å². The average molecular weight is 356 g/mol. The Morgan fingerprint density at radius 2 is 1.67 bits per heavy atom. The molecular formula is C12H9IN2O3. The topological polar surface area (TPSA) is 71.3 Å². The lowest BCUT2D eigenvalue weighted by Crippen LogP contribution is -2.41. The van der Waals surface area contributed by atoms with E-state index in [0.29, 0.717) is 5.56 Å². The Morgan fingerprint density at radius 1 is 1.00 bits per heavy atom. The van der Waals surface area contributed by atoms with Crippen molar-refractivity contribution in [1.29, 1.82) is 0 Å². The number of carbonyl (C=O) groups excluding carboxylic acids is 2. The molecule has 0 atom stereocenters. The summed E-state index contributed by atoms with van der Waals surface area (Å²) >= 11 is 2.15. The standard InChI is InChI=1S/C12H9IN2O3/c13-9-5-3-8(4-6-9)11(16)14-15-12(17)10-2-1-7-18-10/h1-7H,(H,14,16)(H,15,17).